The maximum atomic E-state index is 5.75. The van der Waals surface area contributed by atoms with Crippen molar-refractivity contribution in [2.75, 3.05) is 0 Å². The van der Waals surface area contributed by atoms with Crippen LogP contribution >= 0.6 is 0 Å². The Morgan fingerprint density at radius 2 is 2.10 bits per heavy atom. The van der Waals surface area contributed by atoms with Gasteiger partial charge in [-0.2, -0.15) is 0 Å². The van der Waals surface area contributed by atoms with E-state index in [0.717, 1.165) is 17.0 Å². The monoisotopic (exact) mass is 269 g/mol. The lowest BCUT2D eigenvalue weighted by molar-refractivity contribution is 0.568. The van der Waals surface area contributed by atoms with Gasteiger partial charge in [-0.3, -0.25) is 0 Å². The van der Waals surface area contributed by atoms with Crippen molar-refractivity contribution in [1.29, 1.82) is 0 Å². The van der Waals surface area contributed by atoms with Crippen LogP contribution in [0.15, 0.2) is 47.2 Å². The first-order valence-electron chi connectivity index (χ1n) is 6.38. The fourth-order valence-electron chi connectivity index (χ4n) is 1.86. The third-order valence-corrected chi connectivity index (χ3v) is 2.92. The first-order valence-corrected chi connectivity index (χ1v) is 6.38. The molecule has 0 aliphatic heterocycles. The fourth-order valence-corrected chi connectivity index (χ4v) is 1.86. The molecule has 0 amide bonds. The molecular formula is C14H15N5O. The fraction of sp³-hybridized carbons (Fsp3) is 0.214. The summed E-state index contributed by atoms with van der Waals surface area (Å²) in [7, 11) is 0. The van der Waals surface area contributed by atoms with Crippen molar-refractivity contribution in [2.24, 2.45) is 5.73 Å². The Balaban J connectivity index is 1.77. The summed E-state index contributed by atoms with van der Waals surface area (Å²) in [6, 6.07) is 9.65. The smallest absolute Gasteiger partial charge is 0.226 e. The first-order chi connectivity index (χ1) is 9.72. The van der Waals surface area contributed by atoms with Gasteiger partial charge >= 0.3 is 0 Å². The molecule has 0 radical (unpaired) electrons. The van der Waals surface area contributed by atoms with Crippen molar-refractivity contribution >= 4 is 0 Å². The summed E-state index contributed by atoms with van der Waals surface area (Å²) in [6.45, 7) is 2.38. The largest absolute Gasteiger partial charge is 0.444 e. The highest BCUT2D eigenvalue weighted by atomic mass is 16.3. The highest BCUT2D eigenvalue weighted by Gasteiger charge is 2.09. The molecule has 0 saturated carbocycles. The molecule has 1 unspecified atom stereocenters. The molecule has 20 heavy (non-hydrogen) atoms. The third kappa shape index (κ3) is 2.60. The number of benzene rings is 1. The normalized spacial score (nSPS) is 12.5. The van der Waals surface area contributed by atoms with E-state index in [-0.39, 0.29) is 6.04 Å². The van der Waals surface area contributed by atoms with Crippen LogP contribution in [0.4, 0.5) is 0 Å². The van der Waals surface area contributed by atoms with Crippen LogP contribution in [0, 0.1) is 0 Å². The summed E-state index contributed by atoms with van der Waals surface area (Å²) in [5, 5.41) is 8.03. The van der Waals surface area contributed by atoms with Crippen LogP contribution in [-0.2, 0) is 6.54 Å². The number of hydrogen-bond acceptors (Lipinski definition) is 5. The molecule has 0 spiro atoms. The zero-order valence-electron chi connectivity index (χ0n) is 11.1. The molecule has 0 saturated heterocycles. The van der Waals surface area contributed by atoms with E-state index in [9.17, 15) is 0 Å². The van der Waals surface area contributed by atoms with Crippen LogP contribution in [0.5, 0.6) is 0 Å². The minimum Gasteiger partial charge on any atom is -0.444 e. The Morgan fingerprint density at radius 3 is 2.80 bits per heavy atom. The minimum atomic E-state index is -0.124. The summed E-state index contributed by atoms with van der Waals surface area (Å²) in [4.78, 5) is 4.44. The van der Waals surface area contributed by atoms with E-state index >= 15 is 0 Å². The van der Waals surface area contributed by atoms with Crippen LogP contribution in [0.3, 0.4) is 0 Å². The molecule has 1 aromatic carbocycles. The van der Waals surface area contributed by atoms with Crippen molar-refractivity contribution in [3.63, 3.8) is 0 Å². The maximum absolute atomic E-state index is 5.75. The SMILES string of the molecule is CC(N)c1cn(Cc2coc(-c3ccccc3)n2)nn1. The number of hydrogen-bond donors (Lipinski definition) is 1. The van der Waals surface area contributed by atoms with Gasteiger partial charge in [0.2, 0.25) is 5.89 Å². The molecule has 2 heterocycles. The second kappa shape index (κ2) is 5.26. The second-order valence-corrected chi connectivity index (χ2v) is 4.64. The van der Waals surface area contributed by atoms with Crippen LogP contribution < -0.4 is 5.73 Å². The molecule has 1 atom stereocenters. The van der Waals surface area contributed by atoms with Crippen molar-refractivity contribution < 1.29 is 4.42 Å². The summed E-state index contributed by atoms with van der Waals surface area (Å²) in [6.07, 6.45) is 3.46. The van der Waals surface area contributed by atoms with Gasteiger partial charge in [-0.25, -0.2) is 9.67 Å². The van der Waals surface area contributed by atoms with Crippen LogP contribution in [0.2, 0.25) is 0 Å². The van der Waals surface area contributed by atoms with Crippen molar-refractivity contribution in [2.45, 2.75) is 19.5 Å². The van der Waals surface area contributed by atoms with Crippen LogP contribution in [-0.4, -0.2) is 20.0 Å². The predicted octanol–water partition coefficient (Wildman–Crippen LogP) is 2.00. The number of nitrogens with zero attached hydrogens (tertiary/aromatic N) is 4. The topological polar surface area (TPSA) is 82.8 Å². The Bertz CT molecular complexity index is 686. The lowest BCUT2D eigenvalue weighted by Gasteiger charge is -1.96. The molecule has 0 fully saturated rings. The molecule has 0 bridgehead atoms. The lowest BCUT2D eigenvalue weighted by atomic mass is 10.2. The predicted molar refractivity (Wildman–Crippen MR) is 73.7 cm³/mol. The van der Waals surface area contributed by atoms with Crippen molar-refractivity contribution in [3.8, 4) is 11.5 Å². The molecule has 6 heteroatoms. The quantitative estimate of drug-likeness (QED) is 0.783. The van der Waals surface area contributed by atoms with E-state index in [4.69, 9.17) is 10.2 Å². The number of rotatable bonds is 4. The zero-order chi connectivity index (χ0) is 13.9. The lowest BCUT2D eigenvalue weighted by Crippen LogP contribution is -2.05. The number of nitrogens with two attached hydrogens (primary N) is 1. The Hall–Kier alpha value is -2.47. The average Bonchev–Trinajstić information content (AvgIpc) is 3.10. The first kappa shape index (κ1) is 12.6. The van der Waals surface area contributed by atoms with Gasteiger partial charge in [-0.05, 0) is 19.1 Å². The Labute approximate surface area is 116 Å². The molecule has 0 aliphatic carbocycles. The van der Waals surface area contributed by atoms with E-state index < -0.39 is 0 Å². The zero-order valence-corrected chi connectivity index (χ0v) is 11.1. The van der Waals surface area contributed by atoms with Crippen LogP contribution in [0.1, 0.15) is 24.4 Å². The Kier molecular flexibility index (Phi) is 3.30. The van der Waals surface area contributed by atoms with Gasteiger partial charge in [-0.1, -0.05) is 23.4 Å². The number of oxazole rings is 1. The molecular weight excluding hydrogens is 254 g/mol. The number of aromatic nitrogens is 4. The summed E-state index contributed by atoms with van der Waals surface area (Å²) < 4.78 is 7.18. The molecule has 102 valence electrons. The van der Waals surface area contributed by atoms with Gasteiger partial charge in [0.25, 0.3) is 0 Å². The molecule has 3 rings (SSSR count). The summed E-state index contributed by atoms with van der Waals surface area (Å²) in [5.74, 6) is 0.605. The van der Waals surface area contributed by atoms with Gasteiger partial charge in [0, 0.05) is 11.6 Å². The van der Waals surface area contributed by atoms with Gasteiger partial charge < -0.3 is 10.2 Å². The molecule has 6 nitrogen and oxygen atoms in total. The standard InChI is InChI=1S/C14H15N5O/c1-10(15)13-8-19(18-17-13)7-12-9-20-14(16-12)11-5-3-2-4-6-11/h2-6,8-10H,7,15H2,1H3. The minimum absolute atomic E-state index is 0.124. The molecule has 0 aliphatic rings. The van der Waals surface area contributed by atoms with Gasteiger partial charge in [-0.15, -0.1) is 5.10 Å². The summed E-state index contributed by atoms with van der Waals surface area (Å²) in [5.41, 5.74) is 8.26. The van der Waals surface area contributed by atoms with Gasteiger partial charge in [0.1, 0.15) is 12.0 Å². The van der Waals surface area contributed by atoms with Crippen molar-refractivity contribution in [1.82, 2.24) is 20.0 Å². The average molecular weight is 269 g/mol. The van der Waals surface area contributed by atoms with Gasteiger partial charge in [0.05, 0.1) is 18.4 Å². The molecule has 2 aromatic heterocycles. The maximum Gasteiger partial charge on any atom is 0.226 e. The summed E-state index contributed by atoms with van der Waals surface area (Å²) >= 11 is 0. The second-order valence-electron chi connectivity index (χ2n) is 4.64. The van der Waals surface area contributed by atoms with Crippen molar-refractivity contribution in [3.05, 3.63) is 54.2 Å². The van der Waals surface area contributed by atoms with E-state index in [1.165, 1.54) is 0 Å². The highest BCUT2D eigenvalue weighted by molar-refractivity contribution is 5.52. The molecule has 3 aromatic rings. The van der Waals surface area contributed by atoms with Gasteiger partial charge in [0.15, 0.2) is 0 Å². The molecule has 2 N–H and O–H groups in total. The van der Waals surface area contributed by atoms with E-state index in [1.54, 1.807) is 10.9 Å². The van der Waals surface area contributed by atoms with E-state index in [0.29, 0.717) is 12.4 Å². The Morgan fingerprint density at radius 1 is 1.30 bits per heavy atom. The van der Waals surface area contributed by atoms with E-state index in [1.807, 2.05) is 43.5 Å². The van der Waals surface area contributed by atoms with E-state index in [2.05, 4.69) is 15.3 Å². The third-order valence-electron chi connectivity index (χ3n) is 2.92. The highest BCUT2D eigenvalue weighted by Crippen LogP contribution is 2.18. The van der Waals surface area contributed by atoms with Crippen LogP contribution in [0.25, 0.3) is 11.5 Å².